The molecule has 34 heavy (non-hydrogen) atoms. The van der Waals surface area contributed by atoms with Crippen LogP contribution in [0.25, 0.3) is 11.1 Å². The van der Waals surface area contributed by atoms with Gasteiger partial charge in [-0.25, -0.2) is 0 Å². The summed E-state index contributed by atoms with van der Waals surface area (Å²) in [6.45, 7) is 6.38. The Balaban J connectivity index is 1.45. The van der Waals surface area contributed by atoms with Gasteiger partial charge in [0.05, 0.1) is 5.92 Å². The summed E-state index contributed by atoms with van der Waals surface area (Å²) in [6, 6.07) is 25.7. The van der Waals surface area contributed by atoms with Crippen LogP contribution in [0.5, 0.6) is 0 Å². The molecule has 1 aliphatic carbocycles. The Morgan fingerprint density at radius 1 is 0.941 bits per heavy atom. The molecule has 3 N–H and O–H groups in total. The molecule has 0 radical (unpaired) electrons. The highest BCUT2D eigenvalue weighted by molar-refractivity contribution is 5.81. The number of rotatable bonds is 6. The number of benzene rings is 3. The average molecular weight is 454 g/mol. The van der Waals surface area contributed by atoms with Gasteiger partial charge in [-0.2, -0.15) is 0 Å². The van der Waals surface area contributed by atoms with E-state index >= 15 is 0 Å². The van der Waals surface area contributed by atoms with E-state index < -0.39 is 0 Å². The van der Waals surface area contributed by atoms with Gasteiger partial charge in [-0.3, -0.25) is 4.79 Å². The third kappa shape index (κ3) is 4.66. The third-order valence-electron chi connectivity index (χ3n) is 7.66. The summed E-state index contributed by atoms with van der Waals surface area (Å²) in [5.41, 5.74) is 14.0. The lowest BCUT2D eigenvalue weighted by atomic mass is 9.77. The molecule has 4 heteroatoms. The van der Waals surface area contributed by atoms with E-state index in [9.17, 15) is 4.79 Å². The van der Waals surface area contributed by atoms with Crippen molar-refractivity contribution in [1.29, 1.82) is 0 Å². The SMILES string of the molecule is Cc1cccc(CN(C(=O)[C@H]2CNC[C@@H](N)[C@@H]2c2cccc(-c3ccccc3)c2)C2CC2)c1C. The Labute approximate surface area is 203 Å². The van der Waals surface area contributed by atoms with E-state index in [0.717, 1.165) is 24.9 Å². The van der Waals surface area contributed by atoms with Gasteiger partial charge in [-0.05, 0) is 60.1 Å². The maximum absolute atomic E-state index is 14.1. The van der Waals surface area contributed by atoms with Crippen LogP contribution in [0.1, 0.15) is 41.0 Å². The Hall–Kier alpha value is -2.95. The summed E-state index contributed by atoms with van der Waals surface area (Å²) in [4.78, 5) is 16.2. The summed E-state index contributed by atoms with van der Waals surface area (Å²) in [6.07, 6.45) is 2.19. The van der Waals surface area contributed by atoms with Crippen LogP contribution in [-0.2, 0) is 11.3 Å². The molecule has 0 aromatic heterocycles. The molecule has 176 valence electrons. The van der Waals surface area contributed by atoms with Gasteiger partial charge >= 0.3 is 0 Å². The van der Waals surface area contributed by atoms with Crippen molar-refractivity contribution in [3.8, 4) is 11.1 Å². The lowest BCUT2D eigenvalue weighted by molar-refractivity contribution is -0.138. The van der Waals surface area contributed by atoms with Gasteiger partial charge in [-0.15, -0.1) is 0 Å². The Morgan fingerprint density at radius 2 is 1.68 bits per heavy atom. The molecule has 0 bridgehead atoms. The quantitative estimate of drug-likeness (QED) is 0.564. The van der Waals surface area contributed by atoms with Crippen LogP contribution in [0.2, 0.25) is 0 Å². The molecular weight excluding hydrogens is 418 g/mol. The molecule has 0 spiro atoms. The van der Waals surface area contributed by atoms with Crippen LogP contribution < -0.4 is 11.1 Å². The van der Waals surface area contributed by atoms with Gasteiger partial charge in [0.2, 0.25) is 5.91 Å². The van der Waals surface area contributed by atoms with Crippen molar-refractivity contribution in [2.75, 3.05) is 13.1 Å². The monoisotopic (exact) mass is 453 g/mol. The highest BCUT2D eigenvalue weighted by Gasteiger charge is 2.42. The van der Waals surface area contributed by atoms with Crippen molar-refractivity contribution < 1.29 is 4.79 Å². The Bertz CT molecular complexity index is 1150. The molecule has 3 atom stereocenters. The second-order valence-electron chi connectivity index (χ2n) is 10.0. The number of carbonyl (C=O) groups excluding carboxylic acids is 1. The fourth-order valence-corrected chi connectivity index (χ4v) is 5.39. The van der Waals surface area contributed by atoms with Crippen molar-refractivity contribution in [2.45, 2.75) is 51.2 Å². The molecule has 3 aromatic rings. The Morgan fingerprint density at radius 3 is 2.44 bits per heavy atom. The van der Waals surface area contributed by atoms with E-state index in [1.165, 1.54) is 27.8 Å². The number of hydrogen-bond acceptors (Lipinski definition) is 3. The van der Waals surface area contributed by atoms with E-state index in [2.05, 4.69) is 90.8 Å². The highest BCUT2D eigenvalue weighted by atomic mass is 16.2. The fraction of sp³-hybridized carbons (Fsp3) is 0.367. The topological polar surface area (TPSA) is 58.4 Å². The zero-order valence-corrected chi connectivity index (χ0v) is 20.2. The van der Waals surface area contributed by atoms with Gasteiger partial charge in [0.1, 0.15) is 0 Å². The molecule has 4 nitrogen and oxygen atoms in total. The predicted octanol–water partition coefficient (Wildman–Crippen LogP) is 4.79. The lowest BCUT2D eigenvalue weighted by Gasteiger charge is -2.39. The molecule has 1 saturated carbocycles. The molecule has 1 aliphatic heterocycles. The normalized spacial score (nSPS) is 22.4. The van der Waals surface area contributed by atoms with Gasteiger partial charge < -0.3 is 16.0 Å². The summed E-state index contributed by atoms with van der Waals surface area (Å²) in [7, 11) is 0. The van der Waals surface area contributed by atoms with Crippen molar-refractivity contribution in [3.05, 3.63) is 95.1 Å². The highest BCUT2D eigenvalue weighted by Crippen LogP contribution is 2.37. The smallest absolute Gasteiger partial charge is 0.228 e. The minimum Gasteiger partial charge on any atom is -0.335 e. The largest absolute Gasteiger partial charge is 0.335 e. The van der Waals surface area contributed by atoms with Gasteiger partial charge in [0.25, 0.3) is 0 Å². The maximum Gasteiger partial charge on any atom is 0.228 e. The summed E-state index contributed by atoms with van der Waals surface area (Å²) in [5, 5.41) is 3.44. The van der Waals surface area contributed by atoms with Crippen LogP contribution in [0, 0.1) is 19.8 Å². The molecule has 1 saturated heterocycles. The first kappa shape index (κ1) is 22.8. The van der Waals surface area contributed by atoms with Crippen molar-refractivity contribution in [2.24, 2.45) is 11.7 Å². The number of carbonyl (C=O) groups is 1. The molecule has 2 fully saturated rings. The van der Waals surface area contributed by atoms with Crippen molar-refractivity contribution >= 4 is 5.91 Å². The van der Waals surface area contributed by atoms with Gasteiger partial charge in [0.15, 0.2) is 0 Å². The molecule has 3 aromatic carbocycles. The third-order valence-corrected chi connectivity index (χ3v) is 7.66. The zero-order chi connectivity index (χ0) is 23.7. The van der Waals surface area contributed by atoms with Gasteiger partial charge in [-0.1, -0.05) is 72.8 Å². The molecule has 2 aliphatic rings. The number of nitrogens with one attached hydrogen (secondary N) is 1. The number of amides is 1. The molecule has 1 amide bonds. The standard InChI is InChI=1S/C30H35N3O/c1-20-8-6-13-25(21(20)2)19-33(26-14-15-26)30(34)27-17-32-18-28(31)29(27)24-12-7-11-23(16-24)22-9-4-3-5-10-22/h3-13,16,26-29,32H,14-15,17-19,31H2,1-2H3/t27-,28+,29+/m0/s1. The van der Waals surface area contributed by atoms with Crippen molar-refractivity contribution in [3.63, 3.8) is 0 Å². The predicted molar refractivity (Wildman–Crippen MR) is 138 cm³/mol. The minimum atomic E-state index is -0.166. The second kappa shape index (κ2) is 9.73. The van der Waals surface area contributed by atoms with Crippen molar-refractivity contribution in [1.82, 2.24) is 10.2 Å². The summed E-state index contributed by atoms with van der Waals surface area (Å²) in [5.74, 6) is 0.0685. The number of piperidine rings is 1. The van der Waals surface area contributed by atoms with E-state index in [4.69, 9.17) is 5.73 Å². The number of nitrogens with two attached hydrogens (primary N) is 1. The maximum atomic E-state index is 14.1. The molecular formula is C30H35N3O. The summed E-state index contributed by atoms with van der Waals surface area (Å²) >= 11 is 0. The van der Waals surface area contributed by atoms with Crippen LogP contribution in [0.3, 0.4) is 0 Å². The van der Waals surface area contributed by atoms with Crippen LogP contribution >= 0.6 is 0 Å². The van der Waals surface area contributed by atoms with E-state index in [-0.39, 0.29) is 23.8 Å². The number of nitrogens with zero attached hydrogens (tertiary/aromatic N) is 1. The van der Waals surface area contributed by atoms with E-state index in [1.54, 1.807) is 0 Å². The lowest BCUT2D eigenvalue weighted by Crippen LogP contribution is -2.55. The Kier molecular flexibility index (Phi) is 6.53. The molecule has 0 unspecified atom stereocenters. The first-order valence-corrected chi connectivity index (χ1v) is 12.5. The minimum absolute atomic E-state index is 0.00253. The van der Waals surface area contributed by atoms with Crippen LogP contribution in [0.4, 0.5) is 0 Å². The van der Waals surface area contributed by atoms with Gasteiger partial charge in [0, 0.05) is 37.6 Å². The molecule has 1 heterocycles. The molecule has 5 rings (SSSR count). The van der Waals surface area contributed by atoms with E-state index in [0.29, 0.717) is 19.1 Å². The first-order valence-electron chi connectivity index (χ1n) is 12.5. The first-order chi connectivity index (χ1) is 16.5. The number of aryl methyl sites for hydroxylation is 1. The average Bonchev–Trinajstić information content (AvgIpc) is 3.70. The summed E-state index contributed by atoms with van der Waals surface area (Å²) < 4.78 is 0. The second-order valence-corrected chi connectivity index (χ2v) is 10.0. The number of hydrogen-bond donors (Lipinski definition) is 2. The zero-order valence-electron chi connectivity index (χ0n) is 20.2. The van der Waals surface area contributed by atoms with E-state index in [1.807, 2.05) is 6.07 Å². The van der Waals surface area contributed by atoms with Crippen LogP contribution in [-0.4, -0.2) is 36.0 Å². The van der Waals surface area contributed by atoms with Crippen LogP contribution in [0.15, 0.2) is 72.8 Å². The fourth-order valence-electron chi connectivity index (χ4n) is 5.39.